The van der Waals surface area contributed by atoms with Crippen molar-refractivity contribution in [2.45, 2.75) is 20.1 Å². The molecule has 3 rings (SSSR count). The van der Waals surface area contributed by atoms with Crippen molar-refractivity contribution >= 4 is 11.0 Å². The summed E-state index contributed by atoms with van der Waals surface area (Å²) in [5.41, 5.74) is 2.92. The van der Waals surface area contributed by atoms with Gasteiger partial charge in [-0.1, -0.05) is 18.2 Å². The number of ether oxygens (including phenoxy) is 1. The summed E-state index contributed by atoms with van der Waals surface area (Å²) in [6, 6.07) is 9.96. The Hall–Kier alpha value is -2.27. The maximum Gasteiger partial charge on any atom is 0.212 e. The Bertz CT molecular complexity index is 758. The molecule has 0 atom stereocenters. The molecule has 0 amide bonds. The van der Waals surface area contributed by atoms with Gasteiger partial charge >= 0.3 is 0 Å². The molecular weight excluding hydrogens is 266 g/mol. The van der Waals surface area contributed by atoms with Gasteiger partial charge in [0.05, 0.1) is 12.2 Å². The fourth-order valence-electron chi connectivity index (χ4n) is 2.48. The first-order valence-electron chi connectivity index (χ1n) is 6.96. The molecule has 2 aromatic heterocycles. The van der Waals surface area contributed by atoms with Crippen molar-refractivity contribution in [1.29, 1.82) is 0 Å². The van der Waals surface area contributed by atoms with Crippen LogP contribution in [0.5, 0.6) is 5.88 Å². The van der Waals surface area contributed by atoms with Crippen LogP contribution in [0.2, 0.25) is 0 Å². The van der Waals surface area contributed by atoms with Crippen LogP contribution in [0, 0.1) is 6.92 Å². The highest BCUT2D eigenvalue weighted by Crippen LogP contribution is 2.27. The van der Waals surface area contributed by atoms with Crippen LogP contribution in [0.4, 0.5) is 0 Å². The molecule has 0 bridgehead atoms. The van der Waals surface area contributed by atoms with Gasteiger partial charge in [-0.15, -0.1) is 0 Å². The van der Waals surface area contributed by atoms with Gasteiger partial charge in [0.15, 0.2) is 0 Å². The van der Waals surface area contributed by atoms with Gasteiger partial charge in [0.25, 0.3) is 0 Å². The third kappa shape index (κ3) is 2.64. The molecule has 0 saturated heterocycles. The summed E-state index contributed by atoms with van der Waals surface area (Å²) < 4.78 is 13.6. The van der Waals surface area contributed by atoms with E-state index in [0.717, 1.165) is 33.9 Å². The highest BCUT2D eigenvalue weighted by atomic mass is 16.5. The average Bonchev–Trinajstić information content (AvgIpc) is 2.97. The molecule has 2 heterocycles. The summed E-state index contributed by atoms with van der Waals surface area (Å²) in [6.45, 7) is 3.09. The molecule has 0 fully saturated rings. The molecule has 3 aromatic rings. The van der Waals surface area contributed by atoms with Gasteiger partial charge in [-0.05, 0) is 20.0 Å². The van der Waals surface area contributed by atoms with Gasteiger partial charge in [0, 0.05) is 24.1 Å². The summed E-state index contributed by atoms with van der Waals surface area (Å²) in [5, 5.41) is 8.52. The fourth-order valence-corrected chi connectivity index (χ4v) is 2.48. The molecule has 5 nitrogen and oxygen atoms in total. The lowest BCUT2D eigenvalue weighted by atomic mass is 10.1. The van der Waals surface area contributed by atoms with Crippen molar-refractivity contribution in [2.75, 3.05) is 7.05 Å². The van der Waals surface area contributed by atoms with Gasteiger partial charge in [-0.25, -0.2) is 4.68 Å². The zero-order valence-electron chi connectivity index (χ0n) is 12.5. The zero-order valence-corrected chi connectivity index (χ0v) is 12.5. The predicted octanol–water partition coefficient (Wildman–Crippen LogP) is 2.77. The summed E-state index contributed by atoms with van der Waals surface area (Å²) in [4.78, 5) is 0. The van der Waals surface area contributed by atoms with Crippen LogP contribution >= 0.6 is 0 Å². The Morgan fingerprint density at radius 1 is 1.33 bits per heavy atom. The van der Waals surface area contributed by atoms with Crippen LogP contribution in [0.15, 0.2) is 34.7 Å². The second-order valence-electron chi connectivity index (χ2n) is 5.07. The molecule has 0 aliphatic heterocycles. The largest absolute Gasteiger partial charge is 0.473 e. The lowest BCUT2D eigenvalue weighted by Gasteiger charge is -2.06. The van der Waals surface area contributed by atoms with E-state index in [1.807, 2.05) is 45.3 Å². The van der Waals surface area contributed by atoms with E-state index in [4.69, 9.17) is 9.15 Å². The quantitative estimate of drug-likeness (QED) is 0.783. The van der Waals surface area contributed by atoms with Crippen LogP contribution in [0.25, 0.3) is 11.0 Å². The summed E-state index contributed by atoms with van der Waals surface area (Å²) in [5.74, 6) is 1.67. The summed E-state index contributed by atoms with van der Waals surface area (Å²) in [6.07, 6.45) is 0. The normalized spacial score (nSPS) is 11.2. The van der Waals surface area contributed by atoms with Gasteiger partial charge < -0.3 is 14.5 Å². The minimum absolute atomic E-state index is 0.465. The van der Waals surface area contributed by atoms with Crippen molar-refractivity contribution in [3.05, 3.63) is 47.3 Å². The number of hydrogen-bond donors (Lipinski definition) is 1. The van der Waals surface area contributed by atoms with Gasteiger partial charge in [-0.2, -0.15) is 5.10 Å². The molecule has 0 saturated carbocycles. The molecule has 110 valence electrons. The topological polar surface area (TPSA) is 52.2 Å². The Morgan fingerprint density at radius 2 is 2.14 bits per heavy atom. The Morgan fingerprint density at radius 3 is 2.86 bits per heavy atom. The van der Waals surface area contributed by atoms with E-state index in [-0.39, 0.29) is 0 Å². The van der Waals surface area contributed by atoms with E-state index < -0.39 is 0 Å². The Kier molecular flexibility index (Phi) is 3.66. The number of fused-ring (bicyclic) bond motifs is 1. The van der Waals surface area contributed by atoms with Crippen LogP contribution in [0.3, 0.4) is 0 Å². The highest BCUT2D eigenvalue weighted by Gasteiger charge is 2.14. The molecular formula is C16H19N3O2. The molecule has 0 unspecified atom stereocenters. The monoisotopic (exact) mass is 285 g/mol. The van der Waals surface area contributed by atoms with E-state index >= 15 is 0 Å². The molecule has 0 spiro atoms. The van der Waals surface area contributed by atoms with Crippen molar-refractivity contribution in [3.8, 4) is 5.88 Å². The van der Waals surface area contributed by atoms with Crippen LogP contribution in [-0.4, -0.2) is 16.8 Å². The first-order chi connectivity index (χ1) is 10.2. The predicted molar refractivity (Wildman–Crippen MR) is 81.3 cm³/mol. The van der Waals surface area contributed by atoms with Crippen LogP contribution in [-0.2, 0) is 20.2 Å². The van der Waals surface area contributed by atoms with E-state index in [2.05, 4.69) is 16.5 Å². The first kappa shape index (κ1) is 13.7. The maximum absolute atomic E-state index is 5.91. The molecule has 21 heavy (non-hydrogen) atoms. The molecule has 1 N–H and O–H groups in total. The smallest absolute Gasteiger partial charge is 0.212 e. The number of para-hydroxylation sites is 1. The number of furan rings is 1. The highest BCUT2D eigenvalue weighted by molar-refractivity contribution is 5.82. The lowest BCUT2D eigenvalue weighted by molar-refractivity contribution is 0.276. The second-order valence-corrected chi connectivity index (χ2v) is 5.07. The minimum Gasteiger partial charge on any atom is -0.473 e. The number of hydrogen-bond acceptors (Lipinski definition) is 4. The number of rotatable bonds is 5. The average molecular weight is 285 g/mol. The van der Waals surface area contributed by atoms with Crippen molar-refractivity contribution < 1.29 is 9.15 Å². The molecule has 5 heteroatoms. The number of benzene rings is 1. The van der Waals surface area contributed by atoms with E-state index in [9.17, 15) is 0 Å². The fraction of sp³-hybridized carbons (Fsp3) is 0.312. The molecule has 0 radical (unpaired) electrons. The van der Waals surface area contributed by atoms with Crippen LogP contribution < -0.4 is 10.1 Å². The molecule has 1 aromatic carbocycles. The SMILES string of the molecule is CNCc1oc2ccccc2c1COc1cc(C)nn1C. The van der Waals surface area contributed by atoms with Gasteiger partial charge in [0.2, 0.25) is 5.88 Å². The van der Waals surface area contributed by atoms with E-state index in [1.54, 1.807) is 4.68 Å². The first-order valence-corrected chi connectivity index (χ1v) is 6.96. The van der Waals surface area contributed by atoms with E-state index in [0.29, 0.717) is 13.2 Å². The second kappa shape index (κ2) is 5.61. The lowest BCUT2D eigenvalue weighted by Crippen LogP contribution is -2.08. The zero-order chi connectivity index (χ0) is 14.8. The van der Waals surface area contributed by atoms with Gasteiger partial charge in [0.1, 0.15) is 18.0 Å². The van der Waals surface area contributed by atoms with E-state index in [1.165, 1.54) is 0 Å². The Balaban J connectivity index is 1.91. The molecule has 0 aliphatic carbocycles. The number of nitrogens with one attached hydrogen (secondary N) is 1. The minimum atomic E-state index is 0.465. The third-order valence-corrected chi connectivity index (χ3v) is 3.44. The van der Waals surface area contributed by atoms with Crippen LogP contribution in [0.1, 0.15) is 17.0 Å². The standard InChI is InChI=1S/C16H19N3O2/c1-11-8-16(19(3)18-11)20-10-13-12-6-4-5-7-14(12)21-15(13)9-17-2/h4-8,17H,9-10H2,1-3H3. The van der Waals surface area contributed by atoms with Crippen molar-refractivity contribution in [3.63, 3.8) is 0 Å². The number of aryl methyl sites for hydroxylation is 2. The Labute approximate surface area is 123 Å². The van der Waals surface area contributed by atoms with Gasteiger partial charge in [-0.3, -0.25) is 0 Å². The number of nitrogens with zero attached hydrogens (tertiary/aromatic N) is 2. The maximum atomic E-state index is 5.91. The molecule has 0 aliphatic rings. The van der Waals surface area contributed by atoms with Crippen molar-refractivity contribution in [2.24, 2.45) is 7.05 Å². The van der Waals surface area contributed by atoms with Crippen molar-refractivity contribution in [1.82, 2.24) is 15.1 Å². The number of aromatic nitrogens is 2. The summed E-state index contributed by atoms with van der Waals surface area (Å²) in [7, 11) is 3.78. The summed E-state index contributed by atoms with van der Waals surface area (Å²) >= 11 is 0. The third-order valence-electron chi connectivity index (χ3n) is 3.44.